The van der Waals surface area contributed by atoms with Crippen LogP contribution in [0.1, 0.15) is 6.92 Å². The number of hydrogen-bond donors (Lipinski definition) is 0. The van der Waals surface area contributed by atoms with Crippen molar-refractivity contribution in [3.8, 4) is 11.8 Å². The van der Waals surface area contributed by atoms with Gasteiger partial charge in [-0.2, -0.15) is 0 Å². The Balaban J connectivity index is 0. The summed E-state index contributed by atoms with van der Waals surface area (Å²) >= 11 is 0. The predicted molar refractivity (Wildman–Crippen MR) is 23.5 cm³/mol. The third-order valence-corrected chi connectivity index (χ3v) is 0.341. The van der Waals surface area contributed by atoms with Gasteiger partial charge in [-0.1, -0.05) is 0 Å². The van der Waals surface area contributed by atoms with Crippen molar-refractivity contribution < 1.29 is 44.3 Å². The number of carbonyl (C=O) groups is 2. The number of carbonyl (C=O) groups excluding carboxylic acids is 2. The summed E-state index contributed by atoms with van der Waals surface area (Å²) in [6.07, 6.45) is 0. The Labute approximate surface area is 74.7 Å². The molecule has 0 unspecified atom stereocenters. The van der Waals surface area contributed by atoms with Gasteiger partial charge in [-0.25, -0.2) is 0 Å². The summed E-state index contributed by atoms with van der Waals surface area (Å²) in [6.45, 7) is 1.18. The third kappa shape index (κ3) is 11.3. The van der Waals surface area contributed by atoms with Crippen LogP contribution < -0.4 is 34.7 Å². The van der Waals surface area contributed by atoms with Crippen LogP contribution in [0.3, 0.4) is 0 Å². The van der Waals surface area contributed by atoms with Gasteiger partial charge in [0.1, 0.15) is 5.97 Å². The molecule has 4 heteroatoms. The van der Waals surface area contributed by atoms with Crippen LogP contribution in [-0.2, 0) is 9.59 Å². The van der Waals surface area contributed by atoms with Gasteiger partial charge >= 0.3 is 29.6 Å². The van der Waals surface area contributed by atoms with Crippen LogP contribution in [0.5, 0.6) is 0 Å². The van der Waals surface area contributed by atoms with Crippen molar-refractivity contribution in [3.63, 3.8) is 0 Å². The largest absolute Gasteiger partial charge is 1.00 e. The van der Waals surface area contributed by atoms with E-state index in [1.54, 1.807) is 11.8 Å². The van der Waals surface area contributed by atoms with Gasteiger partial charge in [0.25, 0.3) is 0 Å². The summed E-state index contributed by atoms with van der Waals surface area (Å²) in [4.78, 5) is 19.4. The SMILES string of the molecule is CC(=O)C#CC(=O)[O-].[Na+]. The fourth-order valence-corrected chi connectivity index (χ4v) is 0.139. The molecule has 0 N–H and O–H groups in total. The topological polar surface area (TPSA) is 57.2 Å². The zero-order valence-electron chi connectivity index (χ0n) is 5.22. The second kappa shape index (κ2) is 5.83. The molecule has 0 radical (unpaired) electrons. The maximum Gasteiger partial charge on any atom is 1.00 e. The summed E-state index contributed by atoms with van der Waals surface area (Å²) in [5.74, 6) is 1.34. The van der Waals surface area contributed by atoms with E-state index in [2.05, 4.69) is 0 Å². The smallest absolute Gasteiger partial charge is 0.537 e. The summed E-state index contributed by atoms with van der Waals surface area (Å²) in [5, 5.41) is 9.47. The molecule has 0 bridgehead atoms. The Bertz CT molecular complexity index is 156. The van der Waals surface area contributed by atoms with E-state index in [9.17, 15) is 14.7 Å². The molecule has 0 aliphatic rings. The molecule has 0 aliphatic carbocycles. The first kappa shape index (κ1) is 11.5. The molecule has 3 nitrogen and oxygen atoms in total. The van der Waals surface area contributed by atoms with Crippen LogP contribution in [0.4, 0.5) is 0 Å². The minimum absolute atomic E-state index is 0. The van der Waals surface area contributed by atoms with Gasteiger partial charge in [0.2, 0.25) is 5.78 Å². The standard InChI is InChI=1S/C5H4O3.Na/c1-4(6)2-3-5(7)8;/h1H3,(H,7,8);/q;+1/p-1. The molecule has 0 spiro atoms. The summed E-state index contributed by atoms with van der Waals surface area (Å²) in [6, 6.07) is 0. The molecule has 0 saturated carbocycles. The zero-order chi connectivity index (χ0) is 6.57. The Morgan fingerprint density at radius 3 is 1.89 bits per heavy atom. The van der Waals surface area contributed by atoms with E-state index >= 15 is 0 Å². The molecule has 0 aromatic rings. The van der Waals surface area contributed by atoms with Crippen LogP contribution >= 0.6 is 0 Å². The number of rotatable bonds is 0. The van der Waals surface area contributed by atoms with Gasteiger partial charge in [0.15, 0.2) is 0 Å². The van der Waals surface area contributed by atoms with Crippen LogP contribution in [0.15, 0.2) is 0 Å². The molecule has 0 rings (SSSR count). The molecule has 0 atom stereocenters. The fraction of sp³-hybridized carbons (Fsp3) is 0.200. The number of Topliss-reactive ketones (excluding diaryl/α,β-unsaturated/α-hetero) is 1. The second-order valence-corrected chi connectivity index (χ2v) is 1.09. The fourth-order valence-electron chi connectivity index (χ4n) is 0.139. The molecule has 0 aromatic carbocycles. The first-order valence-electron chi connectivity index (χ1n) is 1.86. The van der Waals surface area contributed by atoms with Crippen molar-refractivity contribution in [1.29, 1.82) is 0 Å². The monoisotopic (exact) mass is 134 g/mol. The maximum absolute atomic E-state index is 9.88. The minimum Gasteiger partial charge on any atom is -0.537 e. The number of ketones is 1. The normalized spacial score (nSPS) is 5.89. The number of hydrogen-bond acceptors (Lipinski definition) is 3. The number of carboxylic acids is 1. The Morgan fingerprint density at radius 2 is 1.78 bits per heavy atom. The van der Waals surface area contributed by atoms with Crippen molar-refractivity contribution in [2.24, 2.45) is 0 Å². The first-order chi connectivity index (χ1) is 3.63. The van der Waals surface area contributed by atoms with Gasteiger partial charge in [-0.05, 0) is 11.8 Å². The zero-order valence-corrected chi connectivity index (χ0v) is 7.22. The van der Waals surface area contributed by atoms with Gasteiger partial charge in [0, 0.05) is 6.92 Å². The van der Waals surface area contributed by atoms with Gasteiger partial charge < -0.3 is 9.90 Å². The first-order valence-corrected chi connectivity index (χ1v) is 1.86. The Hall–Kier alpha value is -0.300. The minimum atomic E-state index is -1.53. The van der Waals surface area contributed by atoms with Crippen LogP contribution in [0, 0.1) is 11.8 Å². The quantitative estimate of drug-likeness (QED) is 0.190. The van der Waals surface area contributed by atoms with E-state index in [0.29, 0.717) is 0 Å². The van der Waals surface area contributed by atoms with Crippen molar-refractivity contribution in [3.05, 3.63) is 0 Å². The average Bonchev–Trinajstić information content (AvgIpc) is 1.61. The molecular formula is C5H3NaO3. The van der Waals surface area contributed by atoms with E-state index in [4.69, 9.17) is 0 Å². The molecule has 9 heavy (non-hydrogen) atoms. The van der Waals surface area contributed by atoms with E-state index in [0.717, 1.165) is 0 Å². The average molecular weight is 134 g/mol. The van der Waals surface area contributed by atoms with E-state index in [-0.39, 0.29) is 29.6 Å². The molecule has 0 fully saturated rings. The van der Waals surface area contributed by atoms with Gasteiger partial charge in [-0.3, -0.25) is 4.79 Å². The molecule has 42 valence electrons. The Morgan fingerprint density at radius 1 is 1.33 bits per heavy atom. The number of aliphatic carboxylic acids is 1. The second-order valence-electron chi connectivity index (χ2n) is 1.09. The molecule has 0 amide bonds. The van der Waals surface area contributed by atoms with E-state index in [1.807, 2.05) is 0 Å². The van der Waals surface area contributed by atoms with Gasteiger partial charge in [-0.15, -0.1) is 0 Å². The molecule has 0 heterocycles. The van der Waals surface area contributed by atoms with Crippen molar-refractivity contribution in [2.75, 3.05) is 0 Å². The maximum atomic E-state index is 9.88. The van der Waals surface area contributed by atoms with E-state index < -0.39 is 11.8 Å². The Kier molecular flexibility index (Phi) is 7.44. The van der Waals surface area contributed by atoms with Crippen molar-refractivity contribution in [1.82, 2.24) is 0 Å². The summed E-state index contributed by atoms with van der Waals surface area (Å²) in [7, 11) is 0. The summed E-state index contributed by atoms with van der Waals surface area (Å²) in [5.41, 5.74) is 0. The molecular weight excluding hydrogens is 131 g/mol. The molecule has 0 aromatic heterocycles. The van der Waals surface area contributed by atoms with Crippen LogP contribution in [0.2, 0.25) is 0 Å². The van der Waals surface area contributed by atoms with Crippen molar-refractivity contribution >= 4 is 11.8 Å². The summed E-state index contributed by atoms with van der Waals surface area (Å²) < 4.78 is 0. The third-order valence-electron chi connectivity index (χ3n) is 0.341. The molecule has 0 aliphatic heterocycles. The van der Waals surface area contributed by atoms with Crippen molar-refractivity contribution in [2.45, 2.75) is 6.92 Å². The number of carboxylic acid groups (broad SMARTS) is 1. The molecule has 0 saturated heterocycles. The van der Waals surface area contributed by atoms with Crippen LogP contribution in [0.25, 0.3) is 0 Å². The van der Waals surface area contributed by atoms with Gasteiger partial charge in [0.05, 0.1) is 0 Å². The van der Waals surface area contributed by atoms with E-state index in [1.165, 1.54) is 6.92 Å². The predicted octanol–water partition coefficient (Wildman–Crippen LogP) is -4.67. The van der Waals surface area contributed by atoms with Crippen LogP contribution in [-0.4, -0.2) is 11.8 Å².